The van der Waals surface area contributed by atoms with E-state index in [4.69, 9.17) is 16.2 Å². The van der Waals surface area contributed by atoms with Gasteiger partial charge in [0.15, 0.2) is 0 Å². The van der Waals surface area contributed by atoms with Gasteiger partial charge in [-0.15, -0.1) is 0 Å². The molecule has 4 heteroatoms. The van der Waals surface area contributed by atoms with Gasteiger partial charge in [0.05, 0.1) is 17.4 Å². The van der Waals surface area contributed by atoms with E-state index in [1.54, 1.807) is 0 Å². The molecule has 3 saturated carbocycles. The van der Waals surface area contributed by atoms with E-state index in [1.165, 1.54) is 69.8 Å². The summed E-state index contributed by atoms with van der Waals surface area (Å²) in [5.41, 5.74) is 14.6. The van der Waals surface area contributed by atoms with Gasteiger partial charge in [-0.2, -0.15) is 0 Å². The van der Waals surface area contributed by atoms with Crippen LogP contribution >= 0.6 is 0 Å². The highest BCUT2D eigenvalue weighted by molar-refractivity contribution is 5.24. The topological polar surface area (TPSA) is 73.3 Å². The van der Waals surface area contributed by atoms with Gasteiger partial charge in [0, 0.05) is 18.2 Å². The lowest BCUT2D eigenvalue weighted by Crippen LogP contribution is -2.66. The third-order valence-electron chi connectivity index (χ3n) is 9.27. The van der Waals surface area contributed by atoms with Crippen molar-refractivity contribution in [1.29, 1.82) is 0 Å². The Morgan fingerprint density at radius 1 is 1.10 bits per heavy atom. The van der Waals surface area contributed by atoms with Crippen LogP contribution in [-0.2, 0) is 4.74 Å². The largest absolute Gasteiger partial charge is 0.372 e. The van der Waals surface area contributed by atoms with Gasteiger partial charge in [-0.25, -0.2) is 0 Å². The van der Waals surface area contributed by atoms with Gasteiger partial charge >= 0.3 is 0 Å². The van der Waals surface area contributed by atoms with Crippen LogP contribution in [0.15, 0.2) is 23.9 Å². The maximum Gasteiger partial charge on any atom is 0.0934 e. The summed E-state index contributed by atoms with van der Waals surface area (Å²) in [6.45, 7) is 4.59. The smallest absolute Gasteiger partial charge is 0.0934 e. The molecule has 5 fully saturated rings. The van der Waals surface area contributed by atoms with Crippen LogP contribution in [-0.4, -0.2) is 23.4 Å². The second-order valence-corrected chi connectivity index (χ2v) is 11.7. The van der Waals surface area contributed by atoms with Crippen molar-refractivity contribution in [3.05, 3.63) is 23.9 Å². The number of nitrogens with one attached hydrogen (secondary N) is 1. The van der Waals surface area contributed by atoms with Crippen molar-refractivity contribution in [2.75, 3.05) is 0 Å². The molecule has 2 bridgehead atoms. The molecule has 6 unspecified atom stereocenters. The van der Waals surface area contributed by atoms with Crippen LogP contribution in [0.1, 0.15) is 84.5 Å². The lowest BCUT2D eigenvalue weighted by atomic mass is 9.54. The second-order valence-electron chi connectivity index (χ2n) is 11.7. The molecule has 3 aliphatic heterocycles. The number of hydrogen-bond acceptors (Lipinski definition) is 4. The normalized spacial score (nSPS) is 45.2. The molecule has 6 atom stereocenters. The van der Waals surface area contributed by atoms with E-state index in [0.717, 1.165) is 12.3 Å². The standard InChI is InChI=1S/C25H41N3O/c1-23(2)20-7-10-25(29-23,15-21(20)26)19-12-18(11-17-5-6-22(27)28-16-17)13-24(14-19)8-3-4-9-24/h5-6,16,18-22,28H,3-4,7-15,26-27H2,1-2H3. The number of rotatable bonds is 3. The van der Waals surface area contributed by atoms with Crippen molar-refractivity contribution in [2.45, 2.75) is 108 Å². The molecule has 1 spiro atoms. The van der Waals surface area contributed by atoms with Crippen molar-refractivity contribution in [3.63, 3.8) is 0 Å². The summed E-state index contributed by atoms with van der Waals surface area (Å²) in [5, 5.41) is 3.29. The molecule has 6 rings (SSSR count). The third-order valence-corrected chi connectivity index (χ3v) is 9.27. The maximum atomic E-state index is 6.99. The average molecular weight is 400 g/mol. The first-order valence-electron chi connectivity index (χ1n) is 12.1. The Morgan fingerprint density at radius 3 is 2.55 bits per heavy atom. The second kappa shape index (κ2) is 7.10. The first-order chi connectivity index (χ1) is 13.8. The summed E-state index contributed by atoms with van der Waals surface area (Å²) >= 11 is 0. The first kappa shape index (κ1) is 20.1. The Balaban J connectivity index is 1.39. The molecule has 0 radical (unpaired) electrons. The lowest BCUT2D eigenvalue weighted by Gasteiger charge is -2.62. The van der Waals surface area contributed by atoms with E-state index in [0.29, 0.717) is 23.3 Å². The van der Waals surface area contributed by atoms with Crippen LogP contribution in [0, 0.1) is 23.2 Å². The first-order valence-corrected chi connectivity index (χ1v) is 12.1. The summed E-state index contributed by atoms with van der Waals surface area (Å²) in [6, 6.07) is 0.307. The van der Waals surface area contributed by atoms with Gasteiger partial charge in [0.1, 0.15) is 0 Å². The molecule has 3 aliphatic carbocycles. The molecule has 2 saturated heterocycles. The van der Waals surface area contributed by atoms with Crippen LogP contribution in [0.25, 0.3) is 0 Å². The monoisotopic (exact) mass is 399 g/mol. The van der Waals surface area contributed by atoms with Gasteiger partial charge in [-0.05, 0) is 101 Å². The summed E-state index contributed by atoms with van der Waals surface area (Å²) < 4.78 is 6.99. The summed E-state index contributed by atoms with van der Waals surface area (Å²) in [6.07, 6.45) is 20.9. The third kappa shape index (κ3) is 3.59. The number of fused-ring (bicyclic) bond motifs is 3. The Kier molecular flexibility index (Phi) is 4.92. The number of dihydropyridines is 1. The summed E-state index contributed by atoms with van der Waals surface area (Å²) in [7, 11) is 0. The zero-order valence-electron chi connectivity index (χ0n) is 18.5. The van der Waals surface area contributed by atoms with Gasteiger partial charge in [-0.1, -0.05) is 18.9 Å². The van der Waals surface area contributed by atoms with Crippen molar-refractivity contribution >= 4 is 0 Å². The van der Waals surface area contributed by atoms with E-state index in [2.05, 4.69) is 37.5 Å². The molecule has 6 aliphatic rings. The van der Waals surface area contributed by atoms with Crippen LogP contribution in [0.5, 0.6) is 0 Å². The molecular weight excluding hydrogens is 358 g/mol. The SMILES string of the molecule is CC1(C)OC2(C3CC(CC4=CNC(N)C=C4)CC4(CCCC4)C3)CCC1C(N)C2. The Bertz CT molecular complexity index is 692. The fourth-order valence-electron chi connectivity index (χ4n) is 8.14. The fraction of sp³-hybridized carbons (Fsp3) is 0.840. The van der Waals surface area contributed by atoms with Crippen molar-refractivity contribution in [1.82, 2.24) is 5.32 Å². The van der Waals surface area contributed by atoms with Crippen LogP contribution < -0.4 is 16.8 Å². The zero-order chi connectivity index (χ0) is 20.3. The molecule has 162 valence electrons. The Labute approximate surface area is 176 Å². The number of hydrogen-bond donors (Lipinski definition) is 3. The average Bonchev–Trinajstić information content (AvgIpc) is 3.09. The molecule has 5 N–H and O–H groups in total. The van der Waals surface area contributed by atoms with Crippen molar-refractivity contribution in [3.8, 4) is 0 Å². The molecule has 0 aromatic heterocycles. The van der Waals surface area contributed by atoms with E-state index in [1.807, 2.05) is 0 Å². The van der Waals surface area contributed by atoms with Crippen LogP contribution in [0.4, 0.5) is 0 Å². The zero-order valence-corrected chi connectivity index (χ0v) is 18.5. The number of nitrogens with two attached hydrogens (primary N) is 2. The van der Waals surface area contributed by atoms with Crippen LogP contribution in [0.3, 0.4) is 0 Å². The van der Waals surface area contributed by atoms with E-state index in [-0.39, 0.29) is 17.4 Å². The molecule has 0 aromatic carbocycles. The Hall–Kier alpha value is -0.840. The molecule has 0 amide bonds. The predicted molar refractivity (Wildman–Crippen MR) is 118 cm³/mol. The minimum absolute atomic E-state index is 0.0172. The van der Waals surface area contributed by atoms with Gasteiger partial charge in [0.2, 0.25) is 0 Å². The molecule has 29 heavy (non-hydrogen) atoms. The molecule has 3 heterocycles. The van der Waals surface area contributed by atoms with E-state index >= 15 is 0 Å². The van der Waals surface area contributed by atoms with Crippen LogP contribution in [0.2, 0.25) is 0 Å². The highest BCUT2D eigenvalue weighted by atomic mass is 16.5. The number of allylic oxidation sites excluding steroid dienone is 2. The quantitative estimate of drug-likeness (QED) is 0.659. The summed E-state index contributed by atoms with van der Waals surface area (Å²) in [4.78, 5) is 0. The minimum Gasteiger partial charge on any atom is -0.372 e. The van der Waals surface area contributed by atoms with E-state index in [9.17, 15) is 0 Å². The molecular formula is C25H41N3O. The van der Waals surface area contributed by atoms with Crippen molar-refractivity contribution in [2.24, 2.45) is 34.6 Å². The van der Waals surface area contributed by atoms with E-state index < -0.39 is 0 Å². The maximum absolute atomic E-state index is 6.99. The van der Waals surface area contributed by atoms with Gasteiger partial charge in [0.25, 0.3) is 0 Å². The molecule has 0 aromatic rings. The van der Waals surface area contributed by atoms with Gasteiger partial charge in [-0.3, -0.25) is 0 Å². The fourth-order valence-corrected chi connectivity index (χ4v) is 8.14. The Morgan fingerprint density at radius 2 is 1.90 bits per heavy atom. The predicted octanol–water partition coefficient (Wildman–Crippen LogP) is 4.36. The lowest BCUT2D eigenvalue weighted by molar-refractivity contribution is -0.273. The highest BCUT2D eigenvalue weighted by Gasteiger charge is 2.59. The van der Waals surface area contributed by atoms with Crippen molar-refractivity contribution < 1.29 is 4.74 Å². The number of ether oxygens (including phenoxy) is 1. The molecule has 4 nitrogen and oxygen atoms in total. The minimum atomic E-state index is -0.0691. The summed E-state index contributed by atoms with van der Waals surface area (Å²) in [5.74, 6) is 1.93. The highest BCUT2D eigenvalue weighted by Crippen LogP contribution is 2.61. The van der Waals surface area contributed by atoms with Gasteiger partial charge < -0.3 is 21.5 Å².